The second kappa shape index (κ2) is 25.5. The molecule has 2 aromatic carbocycles. The average Bonchev–Trinajstić information content (AvgIpc) is 4.34. The molecule has 2 saturated heterocycles. The van der Waals surface area contributed by atoms with Gasteiger partial charge in [-0.05, 0) is 76.6 Å². The van der Waals surface area contributed by atoms with Crippen molar-refractivity contribution < 1.29 is 26.3 Å². The van der Waals surface area contributed by atoms with Crippen molar-refractivity contribution in [1.82, 2.24) is 69.7 Å². The molecular weight excluding hydrogens is 1160 g/mol. The van der Waals surface area contributed by atoms with Gasteiger partial charge in [-0.1, -0.05) is 59.1 Å². The Morgan fingerprint density at radius 2 is 1.01 bits per heavy atom. The summed E-state index contributed by atoms with van der Waals surface area (Å²) in [7, 11) is -7.31. The topological polar surface area (TPSA) is 294 Å². The van der Waals surface area contributed by atoms with Gasteiger partial charge < -0.3 is 20.5 Å². The summed E-state index contributed by atoms with van der Waals surface area (Å²) in [6.07, 6.45) is 11.4. The van der Waals surface area contributed by atoms with Gasteiger partial charge in [0.25, 0.3) is 20.0 Å². The third-order valence-electron chi connectivity index (χ3n) is 12.1. The van der Waals surface area contributed by atoms with Crippen molar-refractivity contribution in [3.63, 3.8) is 0 Å². The number of pyridine rings is 4. The van der Waals surface area contributed by atoms with Crippen LogP contribution >= 0.6 is 38.6 Å². The molecule has 0 saturated carbocycles. The summed E-state index contributed by atoms with van der Waals surface area (Å²) in [6.45, 7) is 10.7. The molecule has 12 rings (SSSR count). The molecule has 24 nitrogen and oxygen atoms in total. The lowest BCUT2D eigenvalue weighted by Crippen LogP contribution is -2.38. The molecule has 408 valence electrons. The molecule has 10 aromatic rings. The Bertz CT molecular complexity index is 3860. The standard InChI is InChI=1S/C25H25N9O3S2.C17H20N6O.C8H6BrN3O2S2/c35-39(36,20-4-2-1-3-5-20)32-25-31-30-24(38-25)29-23-7-6-21-22(28-23)14-18(15-26-21)19-16-27-34(17-19)9-8-33-10-12-37-13-11-33;18-17-2-1-15-16(21-17)9-13(10-19-15)14-11-20-23(12-14)4-3-22-5-7-24-8-6-22;9-7-10-11-8(15-7)12-16(13,14)6-4-2-1-3-5-6/h1-7,14-17H,8-13H2,(H,31,32)(H,28,29,30);1-2,9-12H,3-8H2,(H2,18,21);1-5H,(H,11,12). The Labute approximate surface area is 470 Å². The van der Waals surface area contributed by atoms with Gasteiger partial charge in [-0.2, -0.15) is 10.2 Å². The van der Waals surface area contributed by atoms with Gasteiger partial charge in [0.2, 0.25) is 15.4 Å². The van der Waals surface area contributed by atoms with E-state index < -0.39 is 20.0 Å². The number of morpholine rings is 2. The molecule has 5 N–H and O–H groups in total. The van der Waals surface area contributed by atoms with E-state index in [0.29, 0.717) is 26.2 Å². The highest BCUT2D eigenvalue weighted by atomic mass is 79.9. The van der Waals surface area contributed by atoms with E-state index in [9.17, 15) is 16.8 Å². The molecule has 0 aliphatic carbocycles. The largest absolute Gasteiger partial charge is 0.384 e. The first-order valence-electron chi connectivity index (χ1n) is 24.6. The zero-order valence-corrected chi connectivity index (χ0v) is 46.8. The minimum Gasteiger partial charge on any atom is -0.384 e. The molecular formula is C50H51BrN18O6S4. The van der Waals surface area contributed by atoms with E-state index >= 15 is 0 Å². The van der Waals surface area contributed by atoms with E-state index in [1.165, 1.54) is 24.3 Å². The molecule has 0 amide bonds. The van der Waals surface area contributed by atoms with Crippen LogP contribution < -0.4 is 20.5 Å². The SMILES string of the molecule is Nc1ccc2ncc(-c3cnn(CCN4CCOCC4)c3)cc2n1.O=S(=O)(Nc1nnc(Br)s1)c1ccccc1.O=S(=O)(Nc1nnc(Nc2ccc3ncc(-c4cnn(CCN5CCOCC5)c4)cc3n2)s1)c1ccccc1. The van der Waals surface area contributed by atoms with Crippen LogP contribution in [-0.4, -0.2) is 152 Å². The predicted molar refractivity (Wildman–Crippen MR) is 306 cm³/mol. The minimum atomic E-state index is -3.75. The molecule has 8 aromatic heterocycles. The molecule has 2 aliphatic heterocycles. The van der Waals surface area contributed by atoms with Crippen LogP contribution in [0.1, 0.15) is 0 Å². The first kappa shape index (κ1) is 54.9. The smallest absolute Gasteiger partial charge is 0.263 e. The number of halogens is 1. The second-order valence-electron chi connectivity index (χ2n) is 17.6. The lowest BCUT2D eigenvalue weighted by Gasteiger charge is -2.26. The predicted octanol–water partition coefficient (Wildman–Crippen LogP) is 6.73. The molecule has 29 heteroatoms. The van der Waals surface area contributed by atoms with Gasteiger partial charge in [0, 0.05) is 86.3 Å². The van der Waals surface area contributed by atoms with Gasteiger partial charge in [0.15, 0.2) is 3.92 Å². The van der Waals surface area contributed by atoms with Gasteiger partial charge >= 0.3 is 0 Å². The van der Waals surface area contributed by atoms with Crippen LogP contribution in [0.5, 0.6) is 0 Å². The fourth-order valence-electron chi connectivity index (χ4n) is 8.04. The number of hydrogen-bond acceptors (Lipinski definition) is 22. The van der Waals surface area contributed by atoms with Crippen molar-refractivity contribution in [3.8, 4) is 22.3 Å². The Hall–Kier alpha value is -7.48. The molecule has 2 fully saturated rings. The van der Waals surface area contributed by atoms with Gasteiger partial charge in [0.1, 0.15) is 11.6 Å². The number of ether oxygens (including phenoxy) is 2. The number of rotatable bonds is 16. The Morgan fingerprint density at radius 1 is 0.532 bits per heavy atom. The summed E-state index contributed by atoms with van der Waals surface area (Å²) in [5.74, 6) is 1.04. The third-order valence-corrected chi connectivity index (χ3v) is 17.1. The van der Waals surface area contributed by atoms with Crippen molar-refractivity contribution >= 4 is 108 Å². The maximum Gasteiger partial charge on any atom is 0.263 e. The summed E-state index contributed by atoms with van der Waals surface area (Å²) in [5, 5.41) is 28.1. The number of sulfonamides is 2. The number of nitrogens with zero attached hydrogens (tertiary/aromatic N) is 14. The minimum absolute atomic E-state index is 0.150. The van der Waals surface area contributed by atoms with Crippen LogP contribution in [0.3, 0.4) is 0 Å². The van der Waals surface area contributed by atoms with Crippen LogP contribution in [0.15, 0.2) is 148 Å². The van der Waals surface area contributed by atoms with E-state index in [2.05, 4.69) is 97.2 Å². The number of anilines is 5. The Balaban J connectivity index is 0.000000149. The van der Waals surface area contributed by atoms with E-state index in [4.69, 9.17) is 15.2 Å². The molecule has 79 heavy (non-hydrogen) atoms. The molecule has 2 aliphatic rings. The van der Waals surface area contributed by atoms with Crippen LogP contribution in [0.4, 0.5) is 27.0 Å². The quantitative estimate of drug-likeness (QED) is 0.0779. The number of nitrogens with one attached hydrogen (secondary N) is 3. The summed E-state index contributed by atoms with van der Waals surface area (Å²) < 4.78 is 68.8. The number of fused-ring (bicyclic) bond motifs is 2. The highest BCUT2D eigenvalue weighted by Crippen LogP contribution is 2.28. The van der Waals surface area contributed by atoms with Crippen molar-refractivity contribution in [2.75, 3.05) is 86.2 Å². The van der Waals surface area contributed by atoms with Crippen molar-refractivity contribution in [3.05, 3.63) is 138 Å². The molecule has 0 spiro atoms. The maximum absolute atomic E-state index is 12.6. The monoisotopic (exact) mass is 1210 g/mol. The van der Waals surface area contributed by atoms with Crippen molar-refractivity contribution in [2.45, 2.75) is 22.9 Å². The van der Waals surface area contributed by atoms with Gasteiger partial charge in [-0.3, -0.25) is 38.6 Å². The van der Waals surface area contributed by atoms with E-state index in [0.717, 1.165) is 140 Å². The van der Waals surface area contributed by atoms with Crippen LogP contribution in [0.2, 0.25) is 0 Å². The number of benzene rings is 2. The molecule has 10 heterocycles. The maximum atomic E-state index is 12.6. The molecule has 0 atom stereocenters. The fourth-order valence-corrected chi connectivity index (χ4v) is 12.2. The van der Waals surface area contributed by atoms with E-state index in [1.807, 2.05) is 64.6 Å². The Morgan fingerprint density at radius 3 is 1.53 bits per heavy atom. The fraction of sp³-hybridized carbons (Fsp3) is 0.240. The first-order valence-corrected chi connectivity index (χ1v) is 30.0. The first-order chi connectivity index (χ1) is 38.4. The Kier molecular flexibility index (Phi) is 17.7. The van der Waals surface area contributed by atoms with E-state index in [-0.39, 0.29) is 20.1 Å². The normalized spacial score (nSPS) is 14.2. The van der Waals surface area contributed by atoms with Crippen molar-refractivity contribution in [1.29, 1.82) is 0 Å². The number of nitrogens with two attached hydrogens (primary N) is 1. The summed E-state index contributed by atoms with van der Waals surface area (Å²) >= 11 is 5.29. The van der Waals surface area contributed by atoms with E-state index in [1.54, 1.807) is 48.5 Å². The molecule has 0 radical (unpaired) electrons. The van der Waals surface area contributed by atoms with Crippen LogP contribution in [-0.2, 0) is 42.6 Å². The highest BCUT2D eigenvalue weighted by Gasteiger charge is 2.19. The lowest BCUT2D eigenvalue weighted by molar-refractivity contribution is 0.0359. The molecule has 0 unspecified atom stereocenters. The number of aromatic nitrogens is 12. The summed E-state index contributed by atoms with van der Waals surface area (Å²) in [4.78, 5) is 23.1. The number of hydrogen-bond donors (Lipinski definition) is 4. The zero-order valence-electron chi connectivity index (χ0n) is 42.0. The highest BCUT2D eigenvalue weighted by molar-refractivity contribution is 9.11. The van der Waals surface area contributed by atoms with Crippen LogP contribution in [0, 0.1) is 0 Å². The second-order valence-corrected chi connectivity index (χ2v) is 24.2. The lowest BCUT2D eigenvalue weighted by atomic mass is 10.1. The number of nitrogen functional groups attached to an aromatic ring is 1. The summed E-state index contributed by atoms with van der Waals surface area (Å²) in [5.41, 5.74) is 12.8. The average molecular weight is 1210 g/mol. The van der Waals surface area contributed by atoms with Crippen molar-refractivity contribution in [2.24, 2.45) is 0 Å². The van der Waals surface area contributed by atoms with Gasteiger partial charge in [0.05, 0.1) is 83.8 Å². The summed E-state index contributed by atoms with van der Waals surface area (Å²) in [6, 6.07) is 27.4. The molecule has 0 bridgehead atoms. The zero-order chi connectivity index (χ0) is 54.6. The van der Waals surface area contributed by atoms with Crippen LogP contribution in [0.25, 0.3) is 44.3 Å². The third kappa shape index (κ3) is 15.0. The van der Waals surface area contributed by atoms with Gasteiger partial charge in [-0.25, -0.2) is 26.8 Å². The van der Waals surface area contributed by atoms with Gasteiger partial charge in [-0.15, -0.1) is 20.4 Å².